The molecule has 0 saturated carbocycles. The van der Waals surface area contributed by atoms with Crippen molar-refractivity contribution in [1.82, 2.24) is 5.32 Å². The molecule has 5 heteroatoms. The van der Waals surface area contributed by atoms with Gasteiger partial charge in [0.1, 0.15) is 6.04 Å². The van der Waals surface area contributed by atoms with E-state index in [4.69, 9.17) is 10.8 Å². The van der Waals surface area contributed by atoms with E-state index >= 15 is 0 Å². The van der Waals surface area contributed by atoms with Gasteiger partial charge in [0.15, 0.2) is 0 Å². The monoisotopic (exact) mass is 174 g/mol. The van der Waals surface area contributed by atoms with Gasteiger partial charge in [-0.25, -0.2) is 4.79 Å². The Hall–Kier alpha value is -1.26. The molecule has 2 atom stereocenters. The van der Waals surface area contributed by atoms with Crippen molar-refractivity contribution >= 4 is 12.0 Å². The molecule has 0 aromatic heterocycles. The molecule has 5 nitrogen and oxygen atoms in total. The third-order valence-corrected chi connectivity index (χ3v) is 1.80. The van der Waals surface area contributed by atoms with Crippen molar-refractivity contribution in [1.29, 1.82) is 0 Å². The molecule has 0 radical (unpaired) electrons. The van der Waals surface area contributed by atoms with E-state index in [1.807, 2.05) is 6.92 Å². The third kappa shape index (κ3) is 3.23. The van der Waals surface area contributed by atoms with Crippen molar-refractivity contribution in [3.8, 4) is 0 Å². The molecule has 0 aromatic carbocycles. The molecule has 0 aliphatic rings. The van der Waals surface area contributed by atoms with Gasteiger partial charge >= 0.3 is 6.09 Å². The van der Waals surface area contributed by atoms with Crippen LogP contribution in [-0.4, -0.2) is 23.1 Å². The maximum atomic E-state index is 10.7. The Morgan fingerprint density at radius 2 is 2.08 bits per heavy atom. The molecule has 0 aromatic rings. The first kappa shape index (κ1) is 10.7. The number of amides is 2. The predicted molar refractivity (Wildman–Crippen MR) is 43.6 cm³/mol. The average Bonchev–Trinajstić information content (AvgIpc) is 1.98. The predicted octanol–water partition coefficient (Wildman–Crippen LogP) is 0.154. The molecule has 4 N–H and O–H groups in total. The van der Waals surface area contributed by atoms with Crippen molar-refractivity contribution < 1.29 is 14.7 Å². The summed E-state index contributed by atoms with van der Waals surface area (Å²) in [6.07, 6.45) is -0.521. The van der Waals surface area contributed by atoms with Gasteiger partial charge in [-0.3, -0.25) is 4.79 Å². The number of nitrogens with two attached hydrogens (primary N) is 1. The minimum absolute atomic E-state index is 0.0707. The van der Waals surface area contributed by atoms with Gasteiger partial charge < -0.3 is 16.2 Å². The van der Waals surface area contributed by atoms with Crippen LogP contribution in [0.2, 0.25) is 0 Å². The van der Waals surface area contributed by atoms with Crippen molar-refractivity contribution in [2.45, 2.75) is 26.3 Å². The van der Waals surface area contributed by atoms with Crippen LogP contribution in [0.15, 0.2) is 0 Å². The second kappa shape index (κ2) is 4.58. The summed E-state index contributed by atoms with van der Waals surface area (Å²) in [4.78, 5) is 20.9. The van der Waals surface area contributed by atoms with E-state index in [9.17, 15) is 9.59 Å². The highest BCUT2D eigenvalue weighted by Gasteiger charge is 2.22. The average molecular weight is 174 g/mol. The van der Waals surface area contributed by atoms with Crippen molar-refractivity contribution in [3.63, 3.8) is 0 Å². The number of carbonyl (C=O) groups is 2. The largest absolute Gasteiger partial charge is 0.465 e. The smallest absolute Gasteiger partial charge is 0.405 e. The fourth-order valence-electron chi connectivity index (χ4n) is 0.863. The molecule has 12 heavy (non-hydrogen) atoms. The van der Waals surface area contributed by atoms with Crippen molar-refractivity contribution in [3.05, 3.63) is 0 Å². The molecule has 0 rings (SSSR count). The standard InChI is InChI=1S/C7H14N2O3/c1-3-4(2)5(6(8)10)9-7(11)12/h4-5,9H,3H2,1-2H3,(H2,8,10)(H,11,12)/t4?,5-/m0/s1. The number of hydrogen-bond donors (Lipinski definition) is 3. The van der Waals surface area contributed by atoms with Crippen LogP contribution in [0.3, 0.4) is 0 Å². The molecule has 0 heterocycles. The minimum atomic E-state index is -1.22. The van der Waals surface area contributed by atoms with Crippen LogP contribution < -0.4 is 11.1 Å². The summed E-state index contributed by atoms with van der Waals surface area (Å²) < 4.78 is 0. The fraction of sp³-hybridized carbons (Fsp3) is 0.714. The maximum absolute atomic E-state index is 10.7. The second-order valence-corrected chi connectivity index (χ2v) is 2.72. The molecule has 70 valence electrons. The Bertz CT molecular complexity index is 181. The summed E-state index contributed by atoms with van der Waals surface area (Å²) in [6.45, 7) is 3.63. The number of carboxylic acid groups (broad SMARTS) is 1. The normalized spacial score (nSPS) is 14.8. The van der Waals surface area contributed by atoms with Crippen LogP contribution in [0.1, 0.15) is 20.3 Å². The van der Waals surface area contributed by atoms with Crippen LogP contribution in [0.25, 0.3) is 0 Å². The Labute approximate surface area is 70.9 Å². The third-order valence-electron chi connectivity index (χ3n) is 1.80. The van der Waals surface area contributed by atoms with E-state index in [1.165, 1.54) is 0 Å². The van der Waals surface area contributed by atoms with Crippen molar-refractivity contribution in [2.75, 3.05) is 0 Å². The lowest BCUT2D eigenvalue weighted by molar-refractivity contribution is -0.121. The molecule has 0 aliphatic heterocycles. The van der Waals surface area contributed by atoms with Gasteiger partial charge in [0.25, 0.3) is 0 Å². The van der Waals surface area contributed by atoms with Crippen LogP contribution >= 0.6 is 0 Å². The highest BCUT2D eigenvalue weighted by atomic mass is 16.4. The SMILES string of the molecule is CCC(C)[C@H](NC(=O)O)C(N)=O. The summed E-state index contributed by atoms with van der Waals surface area (Å²) in [5.74, 6) is -0.703. The molecule has 0 aliphatic carbocycles. The number of nitrogens with one attached hydrogen (secondary N) is 1. The van der Waals surface area contributed by atoms with E-state index in [-0.39, 0.29) is 5.92 Å². The lowest BCUT2D eigenvalue weighted by Crippen LogP contribution is -2.47. The number of rotatable bonds is 4. The highest BCUT2D eigenvalue weighted by molar-refractivity contribution is 5.83. The van der Waals surface area contributed by atoms with Gasteiger partial charge in [0, 0.05) is 0 Å². The summed E-state index contributed by atoms with van der Waals surface area (Å²) in [6, 6.07) is -0.785. The summed E-state index contributed by atoms with van der Waals surface area (Å²) in [7, 11) is 0. The van der Waals surface area contributed by atoms with Gasteiger partial charge in [-0.2, -0.15) is 0 Å². The Balaban J connectivity index is 4.22. The van der Waals surface area contributed by atoms with Gasteiger partial charge in [0.2, 0.25) is 5.91 Å². The van der Waals surface area contributed by atoms with Crippen LogP contribution in [0.5, 0.6) is 0 Å². The zero-order valence-corrected chi connectivity index (χ0v) is 7.20. The van der Waals surface area contributed by atoms with E-state index < -0.39 is 18.0 Å². The lowest BCUT2D eigenvalue weighted by atomic mass is 9.99. The molecule has 0 bridgehead atoms. The number of carbonyl (C=O) groups excluding carboxylic acids is 1. The molecular weight excluding hydrogens is 160 g/mol. The topological polar surface area (TPSA) is 92.4 Å². The number of primary amides is 1. The number of hydrogen-bond acceptors (Lipinski definition) is 2. The highest BCUT2D eigenvalue weighted by Crippen LogP contribution is 2.06. The Morgan fingerprint density at radius 3 is 2.33 bits per heavy atom. The Kier molecular flexibility index (Phi) is 4.10. The molecule has 1 unspecified atom stereocenters. The molecule has 0 fully saturated rings. The summed E-state index contributed by atoms with van der Waals surface area (Å²) in [5.41, 5.74) is 5.00. The van der Waals surface area contributed by atoms with Crippen molar-refractivity contribution in [2.24, 2.45) is 11.7 Å². The second-order valence-electron chi connectivity index (χ2n) is 2.72. The molecular formula is C7H14N2O3. The lowest BCUT2D eigenvalue weighted by Gasteiger charge is -2.18. The van der Waals surface area contributed by atoms with E-state index in [1.54, 1.807) is 6.92 Å². The maximum Gasteiger partial charge on any atom is 0.405 e. The summed E-state index contributed by atoms with van der Waals surface area (Å²) in [5, 5.41) is 10.4. The van der Waals surface area contributed by atoms with Gasteiger partial charge in [-0.15, -0.1) is 0 Å². The van der Waals surface area contributed by atoms with Crippen LogP contribution in [-0.2, 0) is 4.79 Å². The molecule has 0 saturated heterocycles. The Morgan fingerprint density at radius 1 is 1.58 bits per heavy atom. The van der Waals surface area contributed by atoms with Crippen LogP contribution in [0.4, 0.5) is 4.79 Å². The van der Waals surface area contributed by atoms with E-state index in [2.05, 4.69) is 5.32 Å². The summed E-state index contributed by atoms with van der Waals surface area (Å²) >= 11 is 0. The van der Waals surface area contributed by atoms with Gasteiger partial charge in [-0.05, 0) is 5.92 Å². The van der Waals surface area contributed by atoms with Crippen LogP contribution in [0, 0.1) is 5.92 Å². The quantitative estimate of drug-likeness (QED) is 0.566. The molecule has 2 amide bonds. The zero-order valence-electron chi connectivity index (χ0n) is 7.20. The zero-order chi connectivity index (χ0) is 9.72. The van der Waals surface area contributed by atoms with Gasteiger partial charge in [-0.1, -0.05) is 20.3 Å². The minimum Gasteiger partial charge on any atom is -0.465 e. The van der Waals surface area contributed by atoms with Gasteiger partial charge in [0.05, 0.1) is 0 Å². The fourth-order valence-corrected chi connectivity index (χ4v) is 0.863. The first-order valence-electron chi connectivity index (χ1n) is 3.77. The first-order chi connectivity index (χ1) is 5.49. The molecule has 0 spiro atoms. The van der Waals surface area contributed by atoms with E-state index in [0.29, 0.717) is 6.42 Å². The first-order valence-corrected chi connectivity index (χ1v) is 3.77. The van der Waals surface area contributed by atoms with E-state index in [0.717, 1.165) is 0 Å².